The maximum Gasteiger partial charge on any atom is 0.408 e. The molecule has 3 amide bonds. The van der Waals surface area contributed by atoms with Crippen LogP contribution in [0.5, 0.6) is 0 Å². The molecule has 3 N–H and O–H groups in total. The fourth-order valence-corrected chi connectivity index (χ4v) is 7.57. The van der Waals surface area contributed by atoms with E-state index in [1.165, 1.54) is 4.90 Å². The van der Waals surface area contributed by atoms with Crippen molar-refractivity contribution in [3.05, 3.63) is 12.2 Å². The van der Waals surface area contributed by atoms with Crippen LogP contribution in [0.2, 0.25) is 0 Å². The number of hydrogen-bond donors (Lipinski definition) is 3. The van der Waals surface area contributed by atoms with Crippen molar-refractivity contribution < 1.29 is 37.8 Å². The first-order chi connectivity index (χ1) is 17.9. The van der Waals surface area contributed by atoms with Crippen LogP contribution in [0.15, 0.2) is 12.2 Å². The maximum absolute atomic E-state index is 13.9. The predicted molar refractivity (Wildman–Crippen MR) is 141 cm³/mol. The molecule has 11 nitrogen and oxygen atoms in total. The third-order valence-corrected chi connectivity index (χ3v) is 9.80. The Balaban J connectivity index is 1.91. The molecule has 0 aromatic carbocycles. The molecule has 2 aliphatic heterocycles. The van der Waals surface area contributed by atoms with Crippen LogP contribution in [0.1, 0.15) is 79.6 Å². The molecule has 0 aromatic rings. The first kappa shape index (κ1) is 30.6. The summed E-state index contributed by atoms with van der Waals surface area (Å²) in [6.45, 7) is 8.89. The molecular weight excluding hydrogens is 513 g/mol. The van der Waals surface area contributed by atoms with Crippen LogP contribution in [-0.4, -0.2) is 76.7 Å². The minimum atomic E-state index is -3.74. The van der Waals surface area contributed by atoms with E-state index in [1.54, 1.807) is 34.6 Å². The Morgan fingerprint density at radius 1 is 1.21 bits per heavy atom. The topological polar surface area (TPSA) is 144 Å². The molecule has 3 rings (SSSR count). The van der Waals surface area contributed by atoms with Gasteiger partial charge in [-0.25, -0.2) is 4.79 Å². The van der Waals surface area contributed by atoms with Gasteiger partial charge in [0.1, 0.15) is 23.0 Å². The zero-order valence-electron chi connectivity index (χ0n) is 23.2. The summed E-state index contributed by atoms with van der Waals surface area (Å²) in [6.07, 6.45) is 6.32. The Labute approximate surface area is 225 Å². The molecule has 0 aromatic heterocycles. The van der Waals surface area contributed by atoms with Gasteiger partial charge in [-0.1, -0.05) is 25.0 Å². The highest BCUT2D eigenvalue weighted by Gasteiger charge is 2.68. The number of aliphatic hydroxyl groups is 1. The normalized spacial score (nSPS) is 30.9. The fourth-order valence-electron chi connectivity index (χ4n) is 5.20. The van der Waals surface area contributed by atoms with Crippen LogP contribution < -0.4 is 10.6 Å². The van der Waals surface area contributed by atoms with Crippen molar-refractivity contribution in [3.8, 4) is 0 Å². The second-order valence-electron chi connectivity index (χ2n) is 11.2. The standard InChI is InChI=1S/C26H44N3O8P/c1-6-35-38(34,36-7-2)26-16-18(26)13-11-9-8-10-12-14-20(27-24(33)37-25(3,4)5)23(32)29-17-19(30)15-21(29)22(31)28-26/h11,13,18-21,30H,6-10,12,14-17H2,1-5H3,(H,27,33)(H,28,31)/t18-,19-,20+,21+,26+/m1/s1. The monoisotopic (exact) mass is 557 g/mol. The van der Waals surface area contributed by atoms with Crippen LogP contribution in [0.3, 0.4) is 0 Å². The zero-order valence-corrected chi connectivity index (χ0v) is 24.1. The van der Waals surface area contributed by atoms with Gasteiger partial charge in [0, 0.05) is 18.9 Å². The average Bonchev–Trinajstić information content (AvgIpc) is 3.37. The van der Waals surface area contributed by atoms with Crippen molar-refractivity contribution in [2.75, 3.05) is 19.8 Å². The molecular formula is C26H44N3O8P. The number of carbonyl (C=O) groups is 3. The van der Waals surface area contributed by atoms with Crippen LogP contribution in [-0.2, 0) is 27.9 Å². The van der Waals surface area contributed by atoms with Crippen molar-refractivity contribution in [2.24, 2.45) is 5.92 Å². The molecule has 216 valence electrons. The molecule has 2 heterocycles. The summed E-state index contributed by atoms with van der Waals surface area (Å²) >= 11 is 0. The molecule has 0 spiro atoms. The Kier molecular flexibility index (Phi) is 10.1. The van der Waals surface area contributed by atoms with E-state index in [2.05, 4.69) is 10.6 Å². The minimum Gasteiger partial charge on any atom is -0.444 e. The largest absolute Gasteiger partial charge is 0.444 e. The van der Waals surface area contributed by atoms with Gasteiger partial charge < -0.3 is 34.4 Å². The Morgan fingerprint density at radius 3 is 2.53 bits per heavy atom. The van der Waals surface area contributed by atoms with Gasteiger partial charge in [-0.3, -0.25) is 14.2 Å². The first-order valence-corrected chi connectivity index (χ1v) is 15.3. The van der Waals surface area contributed by atoms with Gasteiger partial charge >= 0.3 is 13.7 Å². The Hall–Kier alpha value is -1.94. The lowest BCUT2D eigenvalue weighted by Gasteiger charge is -2.32. The summed E-state index contributed by atoms with van der Waals surface area (Å²) in [4.78, 5) is 41.2. The summed E-state index contributed by atoms with van der Waals surface area (Å²) in [6, 6.07) is -1.91. The summed E-state index contributed by atoms with van der Waals surface area (Å²) in [5.41, 5.74) is -0.740. The summed E-state index contributed by atoms with van der Waals surface area (Å²) < 4.78 is 30.5. The maximum atomic E-state index is 13.9. The number of allylic oxidation sites excluding steroid dienone is 1. The number of hydrogen-bond acceptors (Lipinski definition) is 8. The summed E-state index contributed by atoms with van der Waals surface area (Å²) in [5, 5.41) is 14.8. The van der Waals surface area contributed by atoms with E-state index in [1.807, 2.05) is 12.2 Å². The third kappa shape index (κ3) is 7.17. The number of rotatable bonds is 6. The fraction of sp³-hybridized carbons (Fsp3) is 0.808. The molecule has 0 bridgehead atoms. The molecule has 2 fully saturated rings. The summed E-state index contributed by atoms with van der Waals surface area (Å²) in [5.74, 6) is -1.23. The van der Waals surface area contributed by atoms with Crippen LogP contribution >= 0.6 is 7.60 Å². The van der Waals surface area contributed by atoms with Crippen LogP contribution in [0.4, 0.5) is 4.79 Å². The molecule has 0 radical (unpaired) electrons. The average molecular weight is 558 g/mol. The number of amides is 3. The predicted octanol–water partition coefficient (Wildman–Crippen LogP) is 3.46. The summed E-state index contributed by atoms with van der Waals surface area (Å²) in [7, 11) is -3.74. The molecule has 5 atom stereocenters. The number of carbonyl (C=O) groups excluding carboxylic acids is 3. The molecule has 0 unspecified atom stereocenters. The van der Waals surface area contributed by atoms with E-state index in [0.717, 1.165) is 19.3 Å². The molecule has 38 heavy (non-hydrogen) atoms. The smallest absolute Gasteiger partial charge is 0.408 e. The van der Waals surface area contributed by atoms with Gasteiger partial charge in [-0.05, 0) is 60.3 Å². The highest BCUT2D eigenvalue weighted by atomic mass is 31.2. The number of nitrogens with one attached hydrogen (secondary N) is 2. The van der Waals surface area contributed by atoms with Gasteiger partial charge in [-0.15, -0.1) is 0 Å². The van der Waals surface area contributed by atoms with Crippen molar-refractivity contribution in [3.63, 3.8) is 0 Å². The molecule has 1 aliphatic carbocycles. The van der Waals surface area contributed by atoms with Gasteiger partial charge in [0.05, 0.1) is 19.3 Å². The zero-order chi connectivity index (χ0) is 28.1. The lowest BCUT2D eigenvalue weighted by molar-refractivity contribution is -0.140. The second-order valence-corrected chi connectivity index (χ2v) is 13.5. The SMILES string of the molecule is CCOP(=O)(OCC)[C@@]12C[C@H]1C=CCCCCC[C@H](NC(=O)OC(C)(C)C)C(=O)N1C[C@H](O)C[C@H]1C(=O)N2. The van der Waals surface area contributed by atoms with E-state index in [0.29, 0.717) is 19.3 Å². The Morgan fingerprint density at radius 2 is 1.89 bits per heavy atom. The number of fused-ring (bicyclic) bond motifs is 2. The van der Waals surface area contributed by atoms with E-state index in [9.17, 15) is 24.1 Å². The number of ether oxygens (including phenoxy) is 1. The van der Waals surface area contributed by atoms with Crippen LogP contribution in [0.25, 0.3) is 0 Å². The van der Waals surface area contributed by atoms with Crippen LogP contribution in [0, 0.1) is 5.92 Å². The van der Waals surface area contributed by atoms with E-state index in [-0.39, 0.29) is 32.1 Å². The highest BCUT2D eigenvalue weighted by molar-refractivity contribution is 7.56. The lowest BCUT2D eigenvalue weighted by atomic mass is 10.0. The van der Waals surface area contributed by atoms with E-state index < -0.39 is 54.6 Å². The molecule has 3 aliphatic rings. The van der Waals surface area contributed by atoms with Gasteiger partial charge in [0.25, 0.3) is 0 Å². The van der Waals surface area contributed by atoms with E-state index in [4.69, 9.17) is 13.8 Å². The third-order valence-electron chi connectivity index (χ3n) is 7.00. The van der Waals surface area contributed by atoms with Crippen molar-refractivity contribution in [1.29, 1.82) is 0 Å². The van der Waals surface area contributed by atoms with Gasteiger partial charge in [-0.2, -0.15) is 0 Å². The first-order valence-electron chi connectivity index (χ1n) is 13.7. The van der Waals surface area contributed by atoms with Gasteiger partial charge in [0.2, 0.25) is 11.8 Å². The van der Waals surface area contributed by atoms with Crippen molar-refractivity contribution in [1.82, 2.24) is 15.5 Å². The lowest BCUT2D eigenvalue weighted by Crippen LogP contribution is -2.55. The Bertz CT molecular complexity index is 941. The van der Waals surface area contributed by atoms with Crippen molar-refractivity contribution in [2.45, 2.75) is 109 Å². The molecule has 1 saturated heterocycles. The van der Waals surface area contributed by atoms with Gasteiger partial charge in [0.15, 0.2) is 0 Å². The quantitative estimate of drug-likeness (QED) is 0.333. The molecule has 1 saturated carbocycles. The molecule has 12 heteroatoms. The van der Waals surface area contributed by atoms with E-state index >= 15 is 0 Å². The number of aliphatic hydroxyl groups excluding tert-OH is 1. The second kappa shape index (κ2) is 12.5. The number of alkyl carbamates (subject to hydrolysis) is 1. The highest BCUT2D eigenvalue weighted by Crippen LogP contribution is 2.73. The number of nitrogens with zero attached hydrogens (tertiary/aromatic N) is 1. The minimum absolute atomic E-state index is 0.0287. The van der Waals surface area contributed by atoms with Crippen molar-refractivity contribution >= 4 is 25.5 Å².